The Labute approximate surface area is 426 Å². The van der Waals surface area contributed by atoms with Crippen molar-refractivity contribution in [2.45, 2.75) is 100 Å². The molecule has 19 nitrogen and oxygen atoms in total. The number of sulfonamides is 1. The molecule has 0 aliphatic carbocycles. The van der Waals surface area contributed by atoms with Gasteiger partial charge >= 0.3 is 12.0 Å². The van der Waals surface area contributed by atoms with Crippen molar-refractivity contribution in [1.82, 2.24) is 40.4 Å². The standard InChI is InChI=1S/C49H68ClN11O8S2/c1-71(65,66)61-25-24-60(30-35(61)15-18-51)47-37-16-23-59(41-12-5-9-34-8-4-11-38(50)45(34)41)31-39(37)55-49(57-47)69-32-36-10-6-21-58(36)22-7-26-67-27-17-44(63)53-20-29-68-28-19-52-43(62)14-3-2-13-42-46-40(33-70-42)54-48(64)56-46/h4-5,8-9,11-12,35-36,40,42,46H,2-3,6-7,10,13-17,19-33H2,1H3,(H,52,62)(H,53,63)(H2,54,56,64)/t35-,36-,40-,42-,46-/m0/s1. The molecule has 1 aromatic heterocycles. The fraction of sp³-hybridized carbons (Fsp3) is 0.633. The van der Waals surface area contributed by atoms with Gasteiger partial charge in [0.05, 0.1) is 74.0 Å². The van der Waals surface area contributed by atoms with E-state index in [9.17, 15) is 28.1 Å². The Balaban J connectivity index is 0.739. The number of amides is 4. The number of hydrogen-bond donors (Lipinski definition) is 4. The number of anilines is 2. The van der Waals surface area contributed by atoms with Gasteiger partial charge in [0.15, 0.2) is 0 Å². The van der Waals surface area contributed by atoms with Crippen molar-refractivity contribution in [2.24, 2.45) is 0 Å². The molecule has 0 bridgehead atoms. The van der Waals surface area contributed by atoms with Crippen molar-refractivity contribution in [3.8, 4) is 12.1 Å². The van der Waals surface area contributed by atoms with Crippen molar-refractivity contribution in [2.75, 3.05) is 107 Å². The summed E-state index contributed by atoms with van der Waals surface area (Å²) < 4.78 is 44.7. The lowest BCUT2D eigenvalue weighted by Crippen LogP contribution is -2.55. The number of piperazine rings is 1. The highest BCUT2D eigenvalue weighted by atomic mass is 35.5. The molecule has 8 rings (SSSR count). The van der Waals surface area contributed by atoms with Gasteiger partial charge in [-0.3, -0.25) is 14.5 Å². The number of ether oxygens (including phenoxy) is 3. The van der Waals surface area contributed by atoms with E-state index >= 15 is 0 Å². The highest BCUT2D eigenvalue weighted by Gasteiger charge is 2.42. The summed E-state index contributed by atoms with van der Waals surface area (Å²) in [4.78, 5) is 53.0. The van der Waals surface area contributed by atoms with E-state index in [2.05, 4.69) is 60.2 Å². The Morgan fingerprint density at radius 3 is 2.52 bits per heavy atom. The predicted molar refractivity (Wildman–Crippen MR) is 274 cm³/mol. The maximum absolute atomic E-state index is 12.7. The number of benzene rings is 2. The molecular weight excluding hydrogens is 970 g/mol. The summed E-state index contributed by atoms with van der Waals surface area (Å²) in [5.41, 5.74) is 2.88. The molecule has 4 N–H and O–H groups in total. The topological polar surface area (TPSA) is 224 Å². The summed E-state index contributed by atoms with van der Waals surface area (Å²) in [6.45, 7) is 6.76. The Kier molecular flexibility index (Phi) is 18.8. The van der Waals surface area contributed by atoms with Crippen LogP contribution < -0.4 is 35.8 Å². The third kappa shape index (κ3) is 14.1. The molecule has 4 amide bonds. The van der Waals surface area contributed by atoms with Crippen LogP contribution in [0.15, 0.2) is 36.4 Å². The van der Waals surface area contributed by atoms with Crippen molar-refractivity contribution in [3.63, 3.8) is 0 Å². The van der Waals surface area contributed by atoms with E-state index in [0.717, 1.165) is 90.9 Å². The maximum Gasteiger partial charge on any atom is 0.318 e. The van der Waals surface area contributed by atoms with Gasteiger partial charge in [-0.15, -0.1) is 0 Å². The first-order valence-electron chi connectivity index (χ1n) is 25.1. The zero-order valence-electron chi connectivity index (χ0n) is 40.6. The van der Waals surface area contributed by atoms with Crippen LogP contribution >= 0.6 is 23.4 Å². The summed E-state index contributed by atoms with van der Waals surface area (Å²) in [7, 11) is -3.51. The third-order valence-corrected chi connectivity index (χ3v) is 17.2. The zero-order chi connectivity index (χ0) is 49.7. The zero-order valence-corrected chi connectivity index (χ0v) is 43.0. The van der Waals surface area contributed by atoms with Crippen LogP contribution in [-0.4, -0.2) is 172 Å². The maximum atomic E-state index is 12.7. The number of nitrogens with zero attached hydrogens (tertiary/aromatic N) is 7. The minimum atomic E-state index is -3.51. The van der Waals surface area contributed by atoms with Crippen molar-refractivity contribution in [1.29, 1.82) is 5.26 Å². The molecule has 6 heterocycles. The monoisotopic (exact) mass is 1040 g/mol. The fourth-order valence-electron chi connectivity index (χ4n) is 10.5. The summed E-state index contributed by atoms with van der Waals surface area (Å²) in [6.07, 6.45) is 8.19. The molecule has 5 aliphatic rings. The van der Waals surface area contributed by atoms with Crippen LogP contribution in [0.5, 0.6) is 6.01 Å². The van der Waals surface area contributed by atoms with Crippen LogP contribution in [0.25, 0.3) is 10.8 Å². The van der Waals surface area contributed by atoms with Gasteiger partial charge in [0.1, 0.15) is 12.4 Å². The van der Waals surface area contributed by atoms with E-state index in [0.29, 0.717) is 95.4 Å². The van der Waals surface area contributed by atoms with Crippen LogP contribution in [0, 0.1) is 11.3 Å². The Bertz CT molecular complexity index is 2480. The van der Waals surface area contributed by atoms with Crippen LogP contribution in [0.3, 0.4) is 0 Å². The Morgan fingerprint density at radius 2 is 1.72 bits per heavy atom. The summed E-state index contributed by atoms with van der Waals surface area (Å²) in [6, 6.07) is 14.6. The van der Waals surface area contributed by atoms with Gasteiger partial charge in [0.25, 0.3) is 0 Å². The number of nitrogens with one attached hydrogen (secondary N) is 4. The molecule has 22 heteroatoms. The lowest BCUT2D eigenvalue weighted by molar-refractivity contribution is -0.122. The van der Waals surface area contributed by atoms with Crippen LogP contribution in [0.1, 0.15) is 69.0 Å². The molecule has 0 spiro atoms. The summed E-state index contributed by atoms with van der Waals surface area (Å²) in [5, 5.41) is 24.5. The van der Waals surface area contributed by atoms with E-state index in [1.165, 1.54) is 10.6 Å². The van der Waals surface area contributed by atoms with Crippen molar-refractivity contribution >= 4 is 73.5 Å². The summed E-state index contributed by atoms with van der Waals surface area (Å²) in [5.74, 6) is 1.57. The smallest absolute Gasteiger partial charge is 0.318 e. The molecule has 2 aromatic carbocycles. The second-order valence-corrected chi connectivity index (χ2v) is 22.5. The van der Waals surface area contributed by atoms with E-state index in [4.69, 9.17) is 35.8 Å². The number of rotatable bonds is 25. The highest BCUT2D eigenvalue weighted by molar-refractivity contribution is 8.00. The van der Waals surface area contributed by atoms with E-state index in [1.54, 1.807) is 0 Å². The highest BCUT2D eigenvalue weighted by Crippen LogP contribution is 2.38. The van der Waals surface area contributed by atoms with Gasteiger partial charge in [-0.25, -0.2) is 13.2 Å². The number of thioether (sulfide) groups is 1. The summed E-state index contributed by atoms with van der Waals surface area (Å²) >= 11 is 8.66. The van der Waals surface area contributed by atoms with Crippen LogP contribution in [-0.2, 0) is 42.1 Å². The molecule has 0 radical (unpaired) electrons. The van der Waals surface area contributed by atoms with Gasteiger partial charge < -0.3 is 45.3 Å². The number of nitriles is 1. The molecule has 5 atom stereocenters. The number of halogens is 1. The van der Waals surface area contributed by atoms with Crippen LogP contribution in [0.4, 0.5) is 16.3 Å². The SMILES string of the molecule is CS(=O)(=O)N1CCN(c2nc(OC[C@@H]3CCCN3CCCOCCC(=O)NCCOCCNC(=O)CCCC[C@@H]3SC[C@@H]4NC(=O)N[C@@H]43)nc3c2CCN(c2cccc4cccc(Cl)c24)C3)C[C@@H]1CC#N. The van der Waals surface area contributed by atoms with Gasteiger partial charge in [-0.2, -0.15) is 31.3 Å². The van der Waals surface area contributed by atoms with Gasteiger partial charge in [0.2, 0.25) is 21.8 Å². The minimum Gasteiger partial charge on any atom is -0.462 e. The number of unbranched alkanes of at least 4 members (excludes halogenated alkanes) is 1. The third-order valence-electron chi connectivity index (χ3n) is 14.0. The molecule has 4 fully saturated rings. The van der Waals surface area contributed by atoms with Gasteiger partial charge in [-0.1, -0.05) is 42.3 Å². The second kappa shape index (κ2) is 25.3. The lowest BCUT2D eigenvalue weighted by Gasteiger charge is -2.41. The molecule has 0 saturated carbocycles. The average molecular weight is 1040 g/mol. The van der Waals surface area contributed by atoms with Gasteiger partial charge in [-0.05, 0) is 62.6 Å². The number of hydrogen-bond acceptors (Lipinski definition) is 15. The molecule has 386 valence electrons. The first kappa shape index (κ1) is 52.6. The number of carbonyl (C=O) groups is 3. The first-order valence-corrected chi connectivity index (χ1v) is 28.4. The molecule has 71 heavy (non-hydrogen) atoms. The second-order valence-electron chi connectivity index (χ2n) is 18.9. The van der Waals surface area contributed by atoms with Gasteiger partial charge in [0, 0.05) is 98.9 Å². The van der Waals surface area contributed by atoms with Crippen LogP contribution in [0.2, 0.25) is 5.02 Å². The first-order chi connectivity index (χ1) is 34.4. The fourth-order valence-corrected chi connectivity index (χ4v) is 13.4. The van der Waals surface area contributed by atoms with Crippen molar-refractivity contribution in [3.05, 3.63) is 52.7 Å². The largest absolute Gasteiger partial charge is 0.462 e. The van der Waals surface area contributed by atoms with E-state index in [-0.39, 0.29) is 61.4 Å². The number of urea groups is 1. The average Bonchev–Trinajstić information content (AvgIpc) is 4.08. The Morgan fingerprint density at radius 1 is 0.930 bits per heavy atom. The number of fused-ring (bicyclic) bond motifs is 3. The molecule has 0 unspecified atom stereocenters. The predicted octanol–water partition coefficient (Wildman–Crippen LogP) is 3.82. The van der Waals surface area contributed by atoms with E-state index in [1.807, 2.05) is 30.0 Å². The molecule has 3 aromatic rings. The quantitative estimate of drug-likeness (QED) is 0.0700. The van der Waals surface area contributed by atoms with E-state index < -0.39 is 16.1 Å². The molecular formula is C49H68ClN11O8S2. The Hall–Kier alpha value is -4.69. The number of aromatic nitrogens is 2. The number of carbonyl (C=O) groups excluding carboxylic acids is 3. The number of likely N-dealkylation sites (tertiary alicyclic amines) is 1. The molecule has 4 saturated heterocycles. The normalized spacial score (nSPS) is 22.4. The minimum absolute atomic E-state index is 0.00250. The molecule has 5 aliphatic heterocycles. The van der Waals surface area contributed by atoms with Crippen molar-refractivity contribution < 1.29 is 37.0 Å². The lowest BCUT2D eigenvalue weighted by atomic mass is 10.0.